The lowest BCUT2D eigenvalue weighted by atomic mass is 10.1. The van der Waals surface area contributed by atoms with Crippen LogP contribution in [0.5, 0.6) is 0 Å². The monoisotopic (exact) mass is 316 g/mol. The maximum atomic E-state index is 12.2. The van der Waals surface area contributed by atoms with Gasteiger partial charge in [0, 0.05) is 15.6 Å². The van der Waals surface area contributed by atoms with Crippen molar-refractivity contribution in [1.82, 2.24) is 0 Å². The maximum absolute atomic E-state index is 12.2. The molecule has 1 N–H and O–H groups in total. The maximum Gasteiger partial charge on any atom is 0.266 e. The van der Waals surface area contributed by atoms with E-state index in [1.165, 1.54) is 11.3 Å². The van der Waals surface area contributed by atoms with E-state index in [1.807, 2.05) is 37.4 Å². The van der Waals surface area contributed by atoms with Crippen molar-refractivity contribution < 1.29 is 4.79 Å². The summed E-state index contributed by atoms with van der Waals surface area (Å²) in [6, 6.07) is 9.13. The standard InChI is InChI=1S/C16H13ClN2OS/c1-10-3-4-13(17)8-14(10)19-16(20)12(9-18)7-15-11(2)5-6-21-15/h3-8H,1-2H3,(H,19,20)/b12-7+. The van der Waals surface area contributed by atoms with E-state index in [0.29, 0.717) is 10.7 Å². The van der Waals surface area contributed by atoms with E-state index < -0.39 is 5.91 Å². The molecule has 1 aromatic carbocycles. The molecule has 106 valence electrons. The van der Waals surface area contributed by atoms with Crippen molar-refractivity contribution in [3.63, 3.8) is 0 Å². The lowest BCUT2D eigenvalue weighted by molar-refractivity contribution is -0.112. The Bertz CT molecular complexity index is 756. The Kier molecular flexibility index (Phi) is 4.79. The average molecular weight is 317 g/mol. The number of halogens is 1. The van der Waals surface area contributed by atoms with Gasteiger partial charge in [0.05, 0.1) is 0 Å². The molecule has 0 saturated carbocycles. The molecule has 3 nitrogen and oxygen atoms in total. The van der Waals surface area contributed by atoms with E-state index >= 15 is 0 Å². The number of hydrogen-bond donors (Lipinski definition) is 1. The second-order valence-corrected chi connectivity index (χ2v) is 5.94. The van der Waals surface area contributed by atoms with Crippen LogP contribution in [0.1, 0.15) is 16.0 Å². The van der Waals surface area contributed by atoms with Crippen LogP contribution in [0.2, 0.25) is 5.02 Å². The van der Waals surface area contributed by atoms with Crippen LogP contribution < -0.4 is 5.32 Å². The summed E-state index contributed by atoms with van der Waals surface area (Å²) in [6.45, 7) is 3.81. The number of nitrogens with one attached hydrogen (secondary N) is 1. The third-order valence-corrected chi connectivity index (χ3v) is 4.19. The number of carbonyl (C=O) groups is 1. The lowest BCUT2D eigenvalue weighted by Crippen LogP contribution is -2.14. The number of nitriles is 1. The van der Waals surface area contributed by atoms with Gasteiger partial charge in [0.2, 0.25) is 0 Å². The van der Waals surface area contributed by atoms with Crippen molar-refractivity contribution >= 4 is 40.6 Å². The van der Waals surface area contributed by atoms with Gasteiger partial charge in [-0.1, -0.05) is 17.7 Å². The summed E-state index contributed by atoms with van der Waals surface area (Å²) < 4.78 is 0. The molecule has 0 aliphatic carbocycles. The number of amides is 1. The number of hydrogen-bond acceptors (Lipinski definition) is 3. The molecule has 0 aliphatic rings. The lowest BCUT2D eigenvalue weighted by Gasteiger charge is -2.08. The van der Waals surface area contributed by atoms with Crippen LogP contribution in [0, 0.1) is 25.2 Å². The number of rotatable bonds is 3. The third-order valence-electron chi connectivity index (χ3n) is 2.99. The minimum Gasteiger partial charge on any atom is -0.321 e. The van der Waals surface area contributed by atoms with Crippen molar-refractivity contribution in [3.8, 4) is 6.07 Å². The Hall–Kier alpha value is -2.09. The molecule has 0 unspecified atom stereocenters. The second kappa shape index (κ2) is 6.57. The van der Waals surface area contributed by atoms with Gasteiger partial charge < -0.3 is 5.32 Å². The first kappa shape index (κ1) is 15.3. The van der Waals surface area contributed by atoms with Gasteiger partial charge in [-0.25, -0.2) is 0 Å². The van der Waals surface area contributed by atoms with Gasteiger partial charge >= 0.3 is 0 Å². The fourth-order valence-electron chi connectivity index (χ4n) is 1.73. The van der Waals surface area contributed by atoms with Gasteiger partial charge in [0.25, 0.3) is 5.91 Å². The van der Waals surface area contributed by atoms with Gasteiger partial charge in [-0.05, 0) is 54.6 Å². The highest BCUT2D eigenvalue weighted by Crippen LogP contribution is 2.22. The minimum atomic E-state index is -0.435. The predicted octanol–water partition coefficient (Wildman–Crippen LogP) is 4.56. The van der Waals surface area contributed by atoms with E-state index in [-0.39, 0.29) is 5.57 Å². The molecular formula is C16H13ClN2OS. The van der Waals surface area contributed by atoms with Gasteiger partial charge in [-0.2, -0.15) is 5.26 Å². The Morgan fingerprint density at radius 3 is 2.71 bits per heavy atom. The molecule has 0 radical (unpaired) electrons. The van der Waals surface area contributed by atoms with Gasteiger partial charge in [-0.15, -0.1) is 11.3 Å². The van der Waals surface area contributed by atoms with Crippen LogP contribution in [0.15, 0.2) is 35.2 Å². The SMILES string of the molecule is Cc1ccc(Cl)cc1NC(=O)/C(C#N)=C/c1sccc1C. The Labute approximate surface area is 132 Å². The van der Waals surface area contributed by atoms with Crippen molar-refractivity contribution in [1.29, 1.82) is 5.26 Å². The van der Waals surface area contributed by atoms with Crippen LogP contribution in [-0.2, 0) is 4.79 Å². The summed E-state index contributed by atoms with van der Waals surface area (Å²) >= 11 is 7.41. The second-order valence-electron chi connectivity index (χ2n) is 4.55. The van der Waals surface area contributed by atoms with Crippen molar-refractivity contribution in [2.75, 3.05) is 5.32 Å². The number of benzene rings is 1. The van der Waals surface area contributed by atoms with Gasteiger partial charge in [0.1, 0.15) is 11.6 Å². The molecule has 0 spiro atoms. The van der Waals surface area contributed by atoms with E-state index in [0.717, 1.165) is 16.0 Å². The quantitative estimate of drug-likeness (QED) is 0.666. The Morgan fingerprint density at radius 2 is 2.10 bits per heavy atom. The van der Waals surface area contributed by atoms with Gasteiger partial charge in [0.15, 0.2) is 0 Å². The fourth-order valence-corrected chi connectivity index (χ4v) is 2.76. The molecule has 2 aromatic rings. The highest BCUT2D eigenvalue weighted by molar-refractivity contribution is 7.11. The molecule has 0 aliphatic heterocycles. The normalized spacial score (nSPS) is 11.0. The van der Waals surface area contributed by atoms with Crippen LogP contribution >= 0.6 is 22.9 Å². The molecule has 0 fully saturated rings. The summed E-state index contributed by atoms with van der Waals surface area (Å²) in [5.74, 6) is -0.435. The summed E-state index contributed by atoms with van der Waals surface area (Å²) in [7, 11) is 0. The first-order chi connectivity index (χ1) is 10.0. The van der Waals surface area contributed by atoms with Crippen molar-refractivity contribution in [3.05, 3.63) is 56.2 Å². The smallest absolute Gasteiger partial charge is 0.266 e. The average Bonchev–Trinajstić information content (AvgIpc) is 2.85. The molecule has 0 atom stereocenters. The zero-order valence-electron chi connectivity index (χ0n) is 11.6. The topological polar surface area (TPSA) is 52.9 Å². The van der Waals surface area contributed by atoms with Crippen LogP contribution in [0.3, 0.4) is 0 Å². The molecule has 1 aromatic heterocycles. The number of nitrogens with zero attached hydrogens (tertiary/aromatic N) is 1. The van der Waals surface area contributed by atoms with Crippen molar-refractivity contribution in [2.24, 2.45) is 0 Å². The number of carbonyl (C=O) groups excluding carboxylic acids is 1. The van der Waals surface area contributed by atoms with Crippen molar-refractivity contribution in [2.45, 2.75) is 13.8 Å². The fraction of sp³-hybridized carbons (Fsp3) is 0.125. The molecular weight excluding hydrogens is 304 g/mol. The first-order valence-electron chi connectivity index (χ1n) is 6.24. The Balaban J connectivity index is 2.26. The third kappa shape index (κ3) is 3.72. The summed E-state index contributed by atoms with van der Waals surface area (Å²) in [4.78, 5) is 13.1. The minimum absolute atomic E-state index is 0.0694. The van der Waals surface area contributed by atoms with Crippen LogP contribution in [0.25, 0.3) is 6.08 Å². The van der Waals surface area contributed by atoms with Gasteiger partial charge in [-0.3, -0.25) is 4.79 Å². The molecule has 2 rings (SSSR count). The molecule has 0 saturated heterocycles. The molecule has 5 heteroatoms. The zero-order chi connectivity index (χ0) is 15.4. The van der Waals surface area contributed by atoms with E-state index in [2.05, 4.69) is 5.32 Å². The summed E-state index contributed by atoms with van der Waals surface area (Å²) in [5.41, 5.74) is 2.60. The first-order valence-corrected chi connectivity index (χ1v) is 7.50. The number of anilines is 1. The van der Waals surface area contributed by atoms with E-state index in [4.69, 9.17) is 11.6 Å². The molecule has 1 heterocycles. The highest BCUT2D eigenvalue weighted by atomic mass is 35.5. The highest BCUT2D eigenvalue weighted by Gasteiger charge is 2.12. The van der Waals surface area contributed by atoms with Crippen LogP contribution in [-0.4, -0.2) is 5.91 Å². The van der Waals surface area contributed by atoms with Crippen LogP contribution in [0.4, 0.5) is 5.69 Å². The Morgan fingerprint density at radius 1 is 1.33 bits per heavy atom. The molecule has 0 bridgehead atoms. The van der Waals surface area contributed by atoms with E-state index in [1.54, 1.807) is 18.2 Å². The number of aryl methyl sites for hydroxylation is 2. The van der Waals surface area contributed by atoms with E-state index in [9.17, 15) is 10.1 Å². The summed E-state index contributed by atoms with van der Waals surface area (Å²) in [6.07, 6.45) is 1.61. The molecule has 21 heavy (non-hydrogen) atoms. The molecule has 1 amide bonds. The predicted molar refractivity (Wildman–Crippen MR) is 87.5 cm³/mol. The summed E-state index contributed by atoms with van der Waals surface area (Å²) in [5, 5.41) is 14.4. The zero-order valence-corrected chi connectivity index (χ0v) is 13.2. The number of thiophene rings is 1. The largest absolute Gasteiger partial charge is 0.321 e.